The molecule has 0 aliphatic carbocycles. The van der Waals surface area contributed by atoms with Crippen LogP contribution in [0.5, 0.6) is 11.5 Å². The van der Waals surface area contributed by atoms with Crippen LogP contribution in [0, 0.1) is 0 Å². The number of nitrogens with one attached hydrogen (secondary N) is 1. The fourth-order valence-electron chi connectivity index (χ4n) is 3.06. The highest BCUT2D eigenvalue weighted by molar-refractivity contribution is 6.04. The molecule has 7 nitrogen and oxygen atoms in total. The molecule has 29 heavy (non-hydrogen) atoms. The Morgan fingerprint density at radius 3 is 2.76 bits per heavy atom. The molecule has 2 heterocycles. The third-order valence-corrected chi connectivity index (χ3v) is 4.54. The van der Waals surface area contributed by atoms with Crippen molar-refractivity contribution < 1.29 is 19.0 Å². The lowest BCUT2D eigenvalue weighted by Crippen LogP contribution is -2.17. The molecule has 0 unspecified atom stereocenters. The summed E-state index contributed by atoms with van der Waals surface area (Å²) in [4.78, 5) is 12.7. The number of benzene rings is 2. The van der Waals surface area contributed by atoms with Gasteiger partial charge in [-0.05, 0) is 17.7 Å². The van der Waals surface area contributed by atoms with Gasteiger partial charge < -0.3 is 19.5 Å². The number of hydrogen-bond donors (Lipinski definition) is 1. The first-order valence-electron chi connectivity index (χ1n) is 9.53. The van der Waals surface area contributed by atoms with Gasteiger partial charge in [-0.25, -0.2) is 0 Å². The second-order valence-corrected chi connectivity index (χ2v) is 6.90. The van der Waals surface area contributed by atoms with Crippen molar-refractivity contribution >= 4 is 11.7 Å². The van der Waals surface area contributed by atoms with E-state index in [4.69, 9.17) is 14.2 Å². The number of anilines is 1. The number of carbonyl (C=O) groups is 1. The Bertz CT molecular complexity index is 965. The molecule has 1 amide bonds. The number of aromatic nitrogens is 2. The maximum atomic E-state index is 12.7. The largest absolute Gasteiger partial charge is 0.489 e. The Kier molecular flexibility index (Phi) is 5.76. The van der Waals surface area contributed by atoms with Crippen LogP contribution in [0.25, 0.3) is 0 Å². The van der Waals surface area contributed by atoms with Crippen molar-refractivity contribution in [2.75, 3.05) is 18.5 Å². The molecule has 1 atom stereocenters. The number of hydrogen-bond acceptors (Lipinski definition) is 5. The highest BCUT2D eigenvalue weighted by Crippen LogP contribution is 2.26. The van der Waals surface area contributed by atoms with E-state index in [9.17, 15) is 4.79 Å². The van der Waals surface area contributed by atoms with Crippen LogP contribution in [-0.4, -0.2) is 35.0 Å². The van der Waals surface area contributed by atoms with Crippen molar-refractivity contribution in [3.05, 3.63) is 71.9 Å². The molecule has 3 aromatic rings. The number of aryl methyl sites for hydroxylation is 1. The summed E-state index contributed by atoms with van der Waals surface area (Å²) in [6.07, 6.45) is 2.57. The molecule has 7 heteroatoms. The summed E-state index contributed by atoms with van der Waals surface area (Å²) >= 11 is 0. The minimum atomic E-state index is -0.276. The summed E-state index contributed by atoms with van der Waals surface area (Å²) in [7, 11) is 1.79. The van der Waals surface area contributed by atoms with Crippen LogP contribution in [0.2, 0.25) is 0 Å². The van der Waals surface area contributed by atoms with Crippen LogP contribution >= 0.6 is 0 Å². The molecule has 0 saturated carbocycles. The second kappa shape index (κ2) is 8.79. The lowest BCUT2D eigenvalue weighted by atomic mass is 10.1. The maximum absolute atomic E-state index is 12.7. The van der Waals surface area contributed by atoms with Gasteiger partial charge in [0.05, 0.1) is 13.2 Å². The summed E-state index contributed by atoms with van der Waals surface area (Å²) in [5.74, 6) is 1.36. The molecule has 1 N–H and O–H groups in total. The Morgan fingerprint density at radius 2 is 2.03 bits per heavy atom. The van der Waals surface area contributed by atoms with Crippen LogP contribution in [0.3, 0.4) is 0 Å². The summed E-state index contributed by atoms with van der Waals surface area (Å²) in [6.45, 7) is 1.63. The Morgan fingerprint density at radius 1 is 1.21 bits per heavy atom. The van der Waals surface area contributed by atoms with E-state index in [1.807, 2.05) is 30.3 Å². The van der Waals surface area contributed by atoms with Crippen LogP contribution in [0.4, 0.5) is 5.82 Å². The van der Waals surface area contributed by atoms with Crippen LogP contribution in [0.15, 0.2) is 60.8 Å². The van der Waals surface area contributed by atoms with Gasteiger partial charge in [-0.1, -0.05) is 30.3 Å². The molecule has 0 bridgehead atoms. The van der Waals surface area contributed by atoms with Crippen molar-refractivity contribution in [3.8, 4) is 11.5 Å². The fourth-order valence-corrected chi connectivity index (χ4v) is 3.06. The predicted octanol–water partition coefficient (Wildman–Crippen LogP) is 3.42. The first kappa shape index (κ1) is 19.0. The monoisotopic (exact) mass is 393 g/mol. The predicted molar refractivity (Wildman–Crippen MR) is 108 cm³/mol. The quantitative estimate of drug-likeness (QED) is 0.666. The molecule has 1 saturated heterocycles. The number of nitrogens with zero attached hydrogens (tertiary/aromatic N) is 2. The van der Waals surface area contributed by atoms with E-state index >= 15 is 0 Å². The van der Waals surface area contributed by atoms with Gasteiger partial charge in [-0.3, -0.25) is 9.48 Å². The highest BCUT2D eigenvalue weighted by Gasteiger charge is 2.19. The van der Waals surface area contributed by atoms with E-state index in [-0.39, 0.29) is 12.0 Å². The van der Waals surface area contributed by atoms with Gasteiger partial charge in [0.1, 0.15) is 24.2 Å². The normalized spacial score (nSPS) is 15.8. The summed E-state index contributed by atoms with van der Waals surface area (Å²) in [6, 6.07) is 16.8. The number of rotatable bonds is 7. The van der Waals surface area contributed by atoms with Crippen LogP contribution < -0.4 is 14.8 Å². The molecule has 1 aliphatic rings. The Hall–Kier alpha value is -3.32. The molecule has 0 radical (unpaired) electrons. The lowest BCUT2D eigenvalue weighted by molar-refractivity contribution is 0.102. The zero-order valence-corrected chi connectivity index (χ0v) is 16.2. The molecule has 4 rings (SSSR count). The van der Waals surface area contributed by atoms with Gasteiger partial charge >= 0.3 is 0 Å². The summed E-state index contributed by atoms with van der Waals surface area (Å²) in [5.41, 5.74) is 1.48. The minimum absolute atomic E-state index is 0.0222. The molecule has 0 spiro atoms. The van der Waals surface area contributed by atoms with Crippen LogP contribution in [0.1, 0.15) is 22.3 Å². The van der Waals surface area contributed by atoms with Crippen molar-refractivity contribution in [3.63, 3.8) is 0 Å². The van der Waals surface area contributed by atoms with E-state index in [1.54, 1.807) is 42.2 Å². The van der Waals surface area contributed by atoms with Gasteiger partial charge in [0.25, 0.3) is 5.91 Å². The molecule has 150 valence electrons. The summed E-state index contributed by atoms with van der Waals surface area (Å²) in [5, 5.41) is 6.98. The minimum Gasteiger partial charge on any atom is -0.489 e. The van der Waals surface area contributed by atoms with Gasteiger partial charge in [-0.2, -0.15) is 5.10 Å². The topological polar surface area (TPSA) is 74.6 Å². The summed E-state index contributed by atoms with van der Waals surface area (Å²) < 4.78 is 18.9. The van der Waals surface area contributed by atoms with Gasteiger partial charge in [0, 0.05) is 37.4 Å². The molecule has 1 aliphatic heterocycles. The van der Waals surface area contributed by atoms with Gasteiger partial charge in [0.2, 0.25) is 0 Å². The Balaban J connectivity index is 1.53. The van der Waals surface area contributed by atoms with Crippen molar-refractivity contribution in [2.24, 2.45) is 7.05 Å². The van der Waals surface area contributed by atoms with Crippen molar-refractivity contribution in [1.29, 1.82) is 0 Å². The zero-order valence-electron chi connectivity index (χ0n) is 16.2. The lowest BCUT2D eigenvalue weighted by Gasteiger charge is -2.15. The fraction of sp³-hybridized carbons (Fsp3) is 0.273. The first-order valence-corrected chi connectivity index (χ1v) is 9.53. The van der Waals surface area contributed by atoms with E-state index < -0.39 is 0 Å². The number of amides is 1. The smallest absolute Gasteiger partial charge is 0.257 e. The average molecular weight is 393 g/mol. The van der Waals surface area contributed by atoms with Gasteiger partial charge in [-0.15, -0.1) is 0 Å². The van der Waals surface area contributed by atoms with Gasteiger partial charge in [0.15, 0.2) is 5.82 Å². The molecule has 1 fully saturated rings. The highest BCUT2D eigenvalue weighted by atomic mass is 16.5. The van der Waals surface area contributed by atoms with E-state index in [0.29, 0.717) is 42.7 Å². The molecular weight excluding hydrogens is 370 g/mol. The third-order valence-electron chi connectivity index (χ3n) is 4.54. The maximum Gasteiger partial charge on any atom is 0.257 e. The molecule has 1 aromatic heterocycles. The average Bonchev–Trinajstić information content (AvgIpc) is 3.38. The first-order chi connectivity index (χ1) is 14.2. The van der Waals surface area contributed by atoms with E-state index in [1.165, 1.54) is 0 Å². The second-order valence-electron chi connectivity index (χ2n) is 6.90. The Labute approximate surface area is 169 Å². The third kappa shape index (κ3) is 5.14. The number of carbonyl (C=O) groups excluding carboxylic acids is 1. The van der Waals surface area contributed by atoms with Crippen molar-refractivity contribution in [1.82, 2.24) is 9.78 Å². The SMILES string of the molecule is Cn1ccc(NC(=O)c2cc(OCc3ccccc3)cc(O[C@@H]3CCOC3)c2)n1. The standard InChI is InChI=1S/C22H23N3O4/c1-25-9-7-21(24-25)23-22(26)17-11-19(28-14-16-5-3-2-4-6-16)13-20(12-17)29-18-8-10-27-15-18/h2-7,9,11-13,18H,8,10,14-15H2,1H3,(H,23,24,26)/t18-/m1/s1. The molecule has 2 aromatic carbocycles. The molecular formula is C22H23N3O4. The zero-order chi connectivity index (χ0) is 20.1. The van der Waals surface area contributed by atoms with E-state index in [2.05, 4.69) is 10.4 Å². The number of ether oxygens (including phenoxy) is 3. The van der Waals surface area contributed by atoms with E-state index in [0.717, 1.165) is 12.0 Å². The van der Waals surface area contributed by atoms with Crippen molar-refractivity contribution in [2.45, 2.75) is 19.1 Å². The van der Waals surface area contributed by atoms with Crippen LogP contribution in [-0.2, 0) is 18.4 Å².